The molecule has 5 nitrogen and oxygen atoms in total. The number of furan rings is 1. The first-order valence-electron chi connectivity index (χ1n) is 7.80. The van der Waals surface area contributed by atoms with E-state index in [0.29, 0.717) is 25.1 Å². The van der Waals surface area contributed by atoms with Crippen molar-refractivity contribution in [3.63, 3.8) is 0 Å². The summed E-state index contributed by atoms with van der Waals surface area (Å²) < 4.78 is 5.52. The van der Waals surface area contributed by atoms with Crippen LogP contribution in [0.5, 0.6) is 0 Å². The molecular weight excluding hydrogens is 292 g/mol. The van der Waals surface area contributed by atoms with Crippen molar-refractivity contribution in [1.29, 1.82) is 0 Å². The highest BCUT2D eigenvalue weighted by Gasteiger charge is 2.28. The van der Waals surface area contributed by atoms with Crippen molar-refractivity contribution in [2.24, 2.45) is 5.92 Å². The van der Waals surface area contributed by atoms with Gasteiger partial charge in [-0.3, -0.25) is 9.59 Å². The summed E-state index contributed by atoms with van der Waals surface area (Å²) >= 11 is 0. The van der Waals surface area contributed by atoms with Gasteiger partial charge in [0.15, 0.2) is 0 Å². The third-order valence-corrected chi connectivity index (χ3v) is 4.04. The summed E-state index contributed by atoms with van der Waals surface area (Å²) in [4.78, 5) is 26.5. The Bertz CT molecular complexity index is 735. The van der Waals surface area contributed by atoms with Crippen LogP contribution in [0.4, 0.5) is 11.4 Å². The molecule has 0 aliphatic carbocycles. The van der Waals surface area contributed by atoms with Gasteiger partial charge in [0.1, 0.15) is 11.5 Å². The van der Waals surface area contributed by atoms with Gasteiger partial charge in [0, 0.05) is 19.4 Å². The molecule has 0 saturated carbocycles. The molecule has 1 N–H and O–H groups in total. The van der Waals surface area contributed by atoms with E-state index in [2.05, 4.69) is 5.32 Å². The van der Waals surface area contributed by atoms with Gasteiger partial charge < -0.3 is 14.6 Å². The van der Waals surface area contributed by atoms with Crippen LogP contribution >= 0.6 is 0 Å². The van der Waals surface area contributed by atoms with E-state index in [0.717, 1.165) is 17.2 Å². The molecule has 0 radical (unpaired) electrons. The van der Waals surface area contributed by atoms with Gasteiger partial charge in [0.2, 0.25) is 11.8 Å². The molecule has 2 heterocycles. The summed E-state index contributed by atoms with van der Waals surface area (Å²) in [5.74, 6) is 1.33. The quantitative estimate of drug-likeness (QED) is 0.947. The second kappa shape index (κ2) is 6.28. The lowest BCUT2D eigenvalue weighted by atomic mass is 10.1. The number of carbonyl (C=O) groups excluding carboxylic acids is 2. The van der Waals surface area contributed by atoms with E-state index in [4.69, 9.17) is 4.42 Å². The zero-order valence-corrected chi connectivity index (χ0v) is 13.3. The van der Waals surface area contributed by atoms with Crippen molar-refractivity contribution < 1.29 is 14.0 Å². The van der Waals surface area contributed by atoms with Gasteiger partial charge in [-0.25, -0.2) is 0 Å². The molecule has 1 aliphatic rings. The Balaban J connectivity index is 1.79. The molecule has 23 heavy (non-hydrogen) atoms. The van der Waals surface area contributed by atoms with Crippen LogP contribution in [0.2, 0.25) is 0 Å². The molecule has 1 aromatic carbocycles. The number of fused-ring (bicyclic) bond motifs is 1. The molecule has 2 amide bonds. The molecule has 0 spiro atoms. The van der Waals surface area contributed by atoms with Crippen molar-refractivity contribution >= 4 is 23.2 Å². The molecule has 1 atom stereocenters. The Morgan fingerprint density at radius 1 is 1.30 bits per heavy atom. The Morgan fingerprint density at radius 2 is 2.09 bits per heavy atom. The second-order valence-corrected chi connectivity index (χ2v) is 5.92. The summed E-state index contributed by atoms with van der Waals surface area (Å²) in [6.07, 6.45) is 0.906. The summed E-state index contributed by atoms with van der Waals surface area (Å²) in [6, 6.07) is 11.2. The number of benzene rings is 1. The van der Waals surface area contributed by atoms with Crippen LogP contribution in [-0.2, 0) is 16.0 Å². The van der Waals surface area contributed by atoms with Gasteiger partial charge in [-0.05, 0) is 31.2 Å². The van der Waals surface area contributed by atoms with E-state index >= 15 is 0 Å². The molecule has 0 fully saturated rings. The maximum Gasteiger partial charge on any atom is 0.229 e. The first-order valence-corrected chi connectivity index (χ1v) is 7.80. The lowest BCUT2D eigenvalue weighted by molar-refractivity contribution is -0.120. The Hall–Kier alpha value is -2.56. The average Bonchev–Trinajstić information content (AvgIpc) is 2.90. The van der Waals surface area contributed by atoms with E-state index in [-0.39, 0.29) is 17.7 Å². The minimum atomic E-state index is -0.253. The van der Waals surface area contributed by atoms with Crippen molar-refractivity contribution in [3.05, 3.63) is 47.9 Å². The topological polar surface area (TPSA) is 62.6 Å². The standard InChI is InChI=1S/C18H20N2O3/c1-12-11-20(16-6-4-3-5-15(16)19-18(12)22)17(21)10-9-14-8-7-13(2)23-14/h3-8,12H,9-11H2,1-2H3,(H,19,22). The molecule has 0 saturated heterocycles. The van der Waals surface area contributed by atoms with Crippen LogP contribution in [-0.4, -0.2) is 18.4 Å². The number of nitrogens with zero attached hydrogens (tertiary/aromatic N) is 1. The van der Waals surface area contributed by atoms with Crippen LogP contribution < -0.4 is 10.2 Å². The number of hydrogen-bond acceptors (Lipinski definition) is 3. The molecule has 120 valence electrons. The number of nitrogens with one attached hydrogen (secondary N) is 1. The molecule has 0 bridgehead atoms. The number of para-hydroxylation sites is 2. The highest BCUT2D eigenvalue weighted by molar-refractivity contribution is 6.04. The summed E-state index contributed by atoms with van der Waals surface area (Å²) in [5.41, 5.74) is 1.44. The van der Waals surface area contributed by atoms with Gasteiger partial charge in [-0.1, -0.05) is 19.1 Å². The number of anilines is 2. The summed E-state index contributed by atoms with van der Waals surface area (Å²) in [6.45, 7) is 4.10. The molecular formula is C18H20N2O3. The first-order chi connectivity index (χ1) is 11.0. The fourth-order valence-corrected chi connectivity index (χ4v) is 2.75. The molecule has 3 rings (SSSR count). The minimum Gasteiger partial charge on any atom is -0.466 e. The van der Waals surface area contributed by atoms with Gasteiger partial charge in [0.25, 0.3) is 0 Å². The Kier molecular flexibility index (Phi) is 4.19. The van der Waals surface area contributed by atoms with Gasteiger partial charge in [-0.2, -0.15) is 0 Å². The lowest BCUT2D eigenvalue weighted by Gasteiger charge is -2.23. The zero-order valence-electron chi connectivity index (χ0n) is 13.3. The van der Waals surface area contributed by atoms with Gasteiger partial charge >= 0.3 is 0 Å². The summed E-state index contributed by atoms with van der Waals surface area (Å²) in [7, 11) is 0. The van der Waals surface area contributed by atoms with E-state index < -0.39 is 0 Å². The Morgan fingerprint density at radius 3 is 2.83 bits per heavy atom. The normalized spacial score (nSPS) is 17.4. The largest absolute Gasteiger partial charge is 0.466 e. The number of hydrogen-bond donors (Lipinski definition) is 1. The van der Waals surface area contributed by atoms with Crippen LogP contribution in [0.25, 0.3) is 0 Å². The SMILES string of the molecule is Cc1ccc(CCC(=O)N2CC(C)C(=O)Nc3ccccc32)o1. The van der Waals surface area contributed by atoms with Crippen molar-refractivity contribution in [1.82, 2.24) is 0 Å². The van der Waals surface area contributed by atoms with Crippen molar-refractivity contribution in [2.45, 2.75) is 26.7 Å². The fraction of sp³-hybridized carbons (Fsp3) is 0.333. The zero-order chi connectivity index (χ0) is 16.4. The number of carbonyl (C=O) groups is 2. The monoisotopic (exact) mass is 312 g/mol. The number of amides is 2. The second-order valence-electron chi connectivity index (χ2n) is 5.92. The maximum atomic E-state index is 12.7. The Labute approximate surface area is 135 Å². The highest BCUT2D eigenvalue weighted by Crippen LogP contribution is 2.30. The van der Waals surface area contributed by atoms with Crippen LogP contribution in [0.15, 0.2) is 40.8 Å². The lowest BCUT2D eigenvalue weighted by Crippen LogP contribution is -2.36. The molecule has 1 unspecified atom stereocenters. The molecule has 5 heteroatoms. The van der Waals surface area contributed by atoms with Crippen LogP contribution in [0, 0.1) is 12.8 Å². The molecule has 2 aromatic rings. The predicted octanol–water partition coefficient (Wildman–Crippen LogP) is 3.14. The first kappa shape index (κ1) is 15.3. The molecule has 1 aliphatic heterocycles. The third kappa shape index (κ3) is 3.28. The van der Waals surface area contributed by atoms with E-state index in [9.17, 15) is 9.59 Å². The maximum absolute atomic E-state index is 12.7. The van der Waals surface area contributed by atoms with Crippen molar-refractivity contribution in [3.8, 4) is 0 Å². The number of aryl methyl sites for hydroxylation is 2. The van der Waals surface area contributed by atoms with Gasteiger partial charge in [0.05, 0.1) is 17.3 Å². The van der Waals surface area contributed by atoms with Gasteiger partial charge in [-0.15, -0.1) is 0 Å². The predicted molar refractivity (Wildman–Crippen MR) is 88.4 cm³/mol. The third-order valence-electron chi connectivity index (χ3n) is 4.04. The highest BCUT2D eigenvalue weighted by atomic mass is 16.3. The van der Waals surface area contributed by atoms with Crippen LogP contribution in [0.1, 0.15) is 24.9 Å². The fourth-order valence-electron chi connectivity index (χ4n) is 2.75. The van der Waals surface area contributed by atoms with E-state index in [1.165, 1.54) is 0 Å². The number of rotatable bonds is 3. The molecule has 1 aromatic heterocycles. The van der Waals surface area contributed by atoms with E-state index in [1.54, 1.807) is 4.90 Å². The van der Waals surface area contributed by atoms with E-state index in [1.807, 2.05) is 50.2 Å². The summed E-state index contributed by atoms with van der Waals surface area (Å²) in [5, 5.41) is 2.88. The van der Waals surface area contributed by atoms with Crippen LogP contribution in [0.3, 0.4) is 0 Å². The van der Waals surface area contributed by atoms with Crippen molar-refractivity contribution in [2.75, 3.05) is 16.8 Å². The average molecular weight is 312 g/mol. The smallest absolute Gasteiger partial charge is 0.229 e. The minimum absolute atomic E-state index is 0.00477.